The van der Waals surface area contributed by atoms with Gasteiger partial charge in [-0.1, -0.05) is 69.7 Å². The van der Waals surface area contributed by atoms with Crippen LogP contribution >= 0.6 is 0 Å². The lowest BCUT2D eigenvalue weighted by Gasteiger charge is -2.16. The lowest BCUT2D eigenvalue weighted by atomic mass is 9.93. The molecule has 0 saturated carbocycles. The van der Waals surface area contributed by atoms with Gasteiger partial charge in [-0.25, -0.2) is 4.98 Å². The molecule has 0 spiro atoms. The minimum Gasteiger partial charge on any atom is -0.254 e. The highest BCUT2D eigenvalue weighted by Crippen LogP contribution is 2.34. The van der Waals surface area contributed by atoms with E-state index in [9.17, 15) is 0 Å². The molecule has 29 heavy (non-hydrogen) atoms. The van der Waals surface area contributed by atoms with Crippen LogP contribution in [0.4, 0.5) is 5.69 Å². The van der Waals surface area contributed by atoms with E-state index in [2.05, 4.69) is 90.9 Å². The fourth-order valence-electron chi connectivity index (χ4n) is 4.04. The zero-order valence-electron chi connectivity index (χ0n) is 18.7. The van der Waals surface area contributed by atoms with Crippen molar-refractivity contribution in [3.05, 3.63) is 82.0 Å². The summed E-state index contributed by atoms with van der Waals surface area (Å²) in [6.07, 6.45) is 1.91. The van der Waals surface area contributed by atoms with Crippen molar-refractivity contribution in [2.45, 2.75) is 60.3 Å². The standard InChI is InChI=1S/C27H32N2/c1-17(2)23-11-9-12-24(18(3)4)27(23)28-16-22-10-8-13-25(29-22)26-20(6)14-19(5)15-21(26)7/h8-18H,1-7H3/b28-16+. The third-order valence-electron chi connectivity index (χ3n) is 5.37. The summed E-state index contributed by atoms with van der Waals surface area (Å²) in [5, 5.41) is 0. The molecular weight excluding hydrogens is 352 g/mol. The topological polar surface area (TPSA) is 25.2 Å². The van der Waals surface area contributed by atoms with Gasteiger partial charge < -0.3 is 0 Å². The summed E-state index contributed by atoms with van der Waals surface area (Å²) in [6, 6.07) is 17.1. The Kier molecular flexibility index (Phi) is 6.32. The van der Waals surface area contributed by atoms with Crippen molar-refractivity contribution in [1.82, 2.24) is 4.98 Å². The Morgan fingerprint density at radius 2 is 1.34 bits per heavy atom. The minimum atomic E-state index is 0.429. The number of hydrogen-bond acceptors (Lipinski definition) is 2. The number of rotatable bonds is 5. The van der Waals surface area contributed by atoms with Gasteiger partial charge in [0.05, 0.1) is 23.3 Å². The van der Waals surface area contributed by atoms with Crippen molar-refractivity contribution in [1.29, 1.82) is 0 Å². The van der Waals surface area contributed by atoms with Crippen molar-refractivity contribution in [2.24, 2.45) is 4.99 Å². The number of aryl methyl sites for hydroxylation is 3. The molecule has 1 aromatic heterocycles. The molecule has 0 radical (unpaired) electrons. The summed E-state index contributed by atoms with van der Waals surface area (Å²) >= 11 is 0. The molecule has 0 atom stereocenters. The molecule has 0 bridgehead atoms. The Balaban J connectivity index is 2.04. The first-order valence-electron chi connectivity index (χ1n) is 10.5. The molecular formula is C27H32N2. The summed E-state index contributed by atoms with van der Waals surface area (Å²) in [7, 11) is 0. The van der Waals surface area contributed by atoms with Crippen LogP contribution in [-0.2, 0) is 0 Å². The number of benzene rings is 2. The third kappa shape index (κ3) is 4.64. The highest BCUT2D eigenvalue weighted by Gasteiger charge is 2.13. The van der Waals surface area contributed by atoms with Crippen LogP contribution in [0.5, 0.6) is 0 Å². The molecule has 3 rings (SSSR count). The second-order valence-electron chi connectivity index (χ2n) is 8.57. The molecule has 150 valence electrons. The number of para-hydroxylation sites is 1. The molecule has 0 aliphatic rings. The molecule has 0 unspecified atom stereocenters. The third-order valence-corrected chi connectivity index (χ3v) is 5.37. The highest BCUT2D eigenvalue weighted by atomic mass is 14.8. The van der Waals surface area contributed by atoms with Crippen molar-refractivity contribution in [3.8, 4) is 11.3 Å². The quantitative estimate of drug-likeness (QED) is 0.414. The smallest absolute Gasteiger partial charge is 0.0820 e. The van der Waals surface area contributed by atoms with E-state index in [4.69, 9.17) is 9.98 Å². The van der Waals surface area contributed by atoms with Gasteiger partial charge in [-0.2, -0.15) is 0 Å². The SMILES string of the molecule is Cc1cc(C)c(-c2cccc(/C=N/c3c(C(C)C)cccc3C(C)C)n2)c(C)c1. The lowest BCUT2D eigenvalue weighted by Crippen LogP contribution is -1.97. The number of nitrogens with zero attached hydrogens (tertiary/aromatic N) is 2. The number of pyridine rings is 1. The van der Waals surface area contributed by atoms with Crippen LogP contribution in [0.3, 0.4) is 0 Å². The lowest BCUT2D eigenvalue weighted by molar-refractivity contribution is 0.835. The van der Waals surface area contributed by atoms with E-state index in [1.807, 2.05) is 12.3 Å². The van der Waals surface area contributed by atoms with Crippen LogP contribution in [0.15, 0.2) is 53.5 Å². The van der Waals surface area contributed by atoms with Gasteiger partial charge in [-0.3, -0.25) is 4.99 Å². The highest BCUT2D eigenvalue weighted by molar-refractivity contribution is 5.82. The predicted molar refractivity (Wildman–Crippen MR) is 126 cm³/mol. The van der Waals surface area contributed by atoms with Gasteiger partial charge in [0.15, 0.2) is 0 Å². The van der Waals surface area contributed by atoms with Gasteiger partial charge in [0, 0.05) is 5.56 Å². The zero-order chi connectivity index (χ0) is 21.1. The van der Waals surface area contributed by atoms with E-state index in [-0.39, 0.29) is 0 Å². The van der Waals surface area contributed by atoms with E-state index >= 15 is 0 Å². The number of hydrogen-bond donors (Lipinski definition) is 0. The fraction of sp³-hybridized carbons (Fsp3) is 0.333. The number of aliphatic imine (C=N–C) groups is 1. The predicted octanol–water partition coefficient (Wildman–Crippen LogP) is 7.67. The van der Waals surface area contributed by atoms with E-state index in [1.54, 1.807) is 0 Å². The van der Waals surface area contributed by atoms with Crippen LogP contribution in [0.2, 0.25) is 0 Å². The van der Waals surface area contributed by atoms with Gasteiger partial charge >= 0.3 is 0 Å². The van der Waals surface area contributed by atoms with E-state index < -0.39 is 0 Å². The second kappa shape index (κ2) is 8.73. The maximum atomic E-state index is 4.93. The van der Waals surface area contributed by atoms with Gasteiger partial charge in [0.1, 0.15) is 0 Å². The van der Waals surface area contributed by atoms with Crippen LogP contribution in [0, 0.1) is 20.8 Å². The normalized spacial score (nSPS) is 11.8. The first kappa shape index (κ1) is 21.0. The molecule has 0 saturated heterocycles. The second-order valence-corrected chi connectivity index (χ2v) is 8.57. The van der Waals surface area contributed by atoms with Gasteiger partial charge in [0.2, 0.25) is 0 Å². The van der Waals surface area contributed by atoms with E-state index in [0.717, 1.165) is 17.1 Å². The van der Waals surface area contributed by atoms with Crippen molar-refractivity contribution >= 4 is 11.9 Å². The average molecular weight is 385 g/mol. The minimum absolute atomic E-state index is 0.429. The van der Waals surface area contributed by atoms with Gasteiger partial charge in [0.25, 0.3) is 0 Å². The van der Waals surface area contributed by atoms with Crippen LogP contribution in [0.25, 0.3) is 11.3 Å². The Labute approximate surface area is 175 Å². The molecule has 0 fully saturated rings. The summed E-state index contributed by atoms with van der Waals surface area (Å²) < 4.78 is 0. The molecule has 0 aliphatic heterocycles. The van der Waals surface area contributed by atoms with Crippen LogP contribution in [0.1, 0.15) is 73.0 Å². The van der Waals surface area contributed by atoms with E-state index in [0.29, 0.717) is 11.8 Å². The Bertz CT molecular complexity index is 993. The van der Waals surface area contributed by atoms with Crippen molar-refractivity contribution < 1.29 is 0 Å². The first-order chi connectivity index (χ1) is 13.8. The molecule has 2 nitrogen and oxygen atoms in total. The zero-order valence-corrected chi connectivity index (χ0v) is 18.7. The summed E-state index contributed by atoms with van der Waals surface area (Å²) in [4.78, 5) is 9.83. The van der Waals surface area contributed by atoms with Crippen molar-refractivity contribution in [2.75, 3.05) is 0 Å². The fourth-order valence-corrected chi connectivity index (χ4v) is 4.04. The molecule has 0 N–H and O–H groups in total. The van der Waals surface area contributed by atoms with Gasteiger partial charge in [-0.05, 0) is 67.0 Å². The molecule has 3 aromatic rings. The molecule has 1 heterocycles. The molecule has 0 aliphatic carbocycles. The van der Waals surface area contributed by atoms with Crippen LogP contribution < -0.4 is 0 Å². The molecule has 2 heteroatoms. The average Bonchev–Trinajstić information content (AvgIpc) is 2.65. The maximum absolute atomic E-state index is 4.93. The summed E-state index contributed by atoms with van der Waals surface area (Å²) in [6.45, 7) is 15.3. The maximum Gasteiger partial charge on any atom is 0.0820 e. The van der Waals surface area contributed by atoms with Gasteiger partial charge in [-0.15, -0.1) is 0 Å². The van der Waals surface area contributed by atoms with Crippen molar-refractivity contribution in [3.63, 3.8) is 0 Å². The molecule has 2 aromatic carbocycles. The van der Waals surface area contributed by atoms with Crippen LogP contribution in [-0.4, -0.2) is 11.2 Å². The first-order valence-corrected chi connectivity index (χ1v) is 10.5. The summed E-state index contributed by atoms with van der Waals surface area (Å²) in [5.41, 5.74) is 10.6. The van der Waals surface area contributed by atoms with E-state index in [1.165, 1.54) is 33.4 Å². The number of aromatic nitrogens is 1. The monoisotopic (exact) mass is 384 g/mol. The Morgan fingerprint density at radius 1 is 0.793 bits per heavy atom. The Morgan fingerprint density at radius 3 is 1.90 bits per heavy atom. The molecule has 0 amide bonds. The summed E-state index contributed by atoms with van der Waals surface area (Å²) in [5.74, 6) is 0.857. The Hall–Kier alpha value is -2.74. The largest absolute Gasteiger partial charge is 0.254 e.